The van der Waals surface area contributed by atoms with Crippen molar-refractivity contribution in [2.24, 2.45) is 0 Å². The van der Waals surface area contributed by atoms with Gasteiger partial charge in [-0.1, -0.05) is 25.3 Å². The van der Waals surface area contributed by atoms with Crippen molar-refractivity contribution in [1.82, 2.24) is 14.5 Å². The monoisotopic (exact) mass is 301 g/mol. The lowest BCUT2D eigenvalue weighted by molar-refractivity contribution is -0.140. The molecule has 20 heavy (non-hydrogen) atoms. The molecule has 0 radical (unpaired) electrons. The molecule has 2 N–H and O–H groups in total. The number of carboxylic acids is 2. The zero-order valence-corrected chi connectivity index (χ0v) is 12.1. The highest BCUT2D eigenvalue weighted by atomic mass is 32.1. The number of carbonyl (C=O) groups is 3. The largest absolute Gasteiger partial charge is 0.480 e. The summed E-state index contributed by atoms with van der Waals surface area (Å²) in [5, 5.41) is 21.4. The second-order valence-corrected chi connectivity index (χ2v) is 5.90. The van der Waals surface area contributed by atoms with Gasteiger partial charge in [0.05, 0.1) is 5.69 Å². The minimum Gasteiger partial charge on any atom is -0.480 e. The van der Waals surface area contributed by atoms with Gasteiger partial charge in [0.1, 0.15) is 18.0 Å². The first-order valence-electron chi connectivity index (χ1n) is 5.68. The number of rotatable bonds is 5. The van der Waals surface area contributed by atoms with Crippen molar-refractivity contribution in [2.75, 3.05) is 13.1 Å². The Morgan fingerprint density at radius 1 is 1.15 bits per heavy atom. The van der Waals surface area contributed by atoms with Crippen molar-refractivity contribution in [3.63, 3.8) is 0 Å². The van der Waals surface area contributed by atoms with E-state index in [1.807, 2.05) is 20.8 Å². The smallest absolute Gasteiger partial charge is 0.323 e. The van der Waals surface area contributed by atoms with Crippen molar-refractivity contribution in [2.45, 2.75) is 26.2 Å². The second kappa shape index (κ2) is 5.95. The van der Waals surface area contributed by atoms with Crippen molar-refractivity contribution in [1.29, 1.82) is 0 Å². The molecule has 0 bridgehead atoms. The first-order chi connectivity index (χ1) is 9.12. The highest BCUT2D eigenvalue weighted by Gasteiger charge is 2.30. The molecule has 0 fully saturated rings. The maximum Gasteiger partial charge on any atom is 0.323 e. The summed E-state index contributed by atoms with van der Waals surface area (Å²) in [4.78, 5) is 34.7. The Kier molecular flexibility index (Phi) is 4.77. The summed E-state index contributed by atoms with van der Waals surface area (Å²) < 4.78 is 3.70. The number of aliphatic carboxylic acids is 2. The Balaban J connectivity index is 3.09. The fraction of sp³-hybridized carbons (Fsp3) is 0.545. The quantitative estimate of drug-likeness (QED) is 0.809. The molecule has 1 amide bonds. The first kappa shape index (κ1) is 16.0. The van der Waals surface area contributed by atoms with Crippen LogP contribution in [0.1, 0.15) is 36.1 Å². The van der Waals surface area contributed by atoms with Gasteiger partial charge in [0.15, 0.2) is 0 Å². The van der Waals surface area contributed by atoms with Crippen LogP contribution >= 0.6 is 11.5 Å². The Labute approximate surface area is 119 Å². The molecule has 0 atom stereocenters. The Morgan fingerprint density at radius 3 is 2.05 bits per heavy atom. The fourth-order valence-corrected chi connectivity index (χ4v) is 2.34. The normalized spacial score (nSPS) is 11.2. The molecule has 0 saturated heterocycles. The van der Waals surface area contributed by atoms with E-state index in [1.54, 1.807) is 0 Å². The van der Waals surface area contributed by atoms with Crippen LogP contribution in [0.2, 0.25) is 0 Å². The molecule has 0 unspecified atom stereocenters. The SMILES string of the molecule is CC(C)(C)c1nnsc1C(=O)N(CC(=O)O)CC(=O)O. The van der Waals surface area contributed by atoms with Crippen molar-refractivity contribution >= 4 is 29.4 Å². The van der Waals surface area contributed by atoms with Crippen LogP contribution in [-0.2, 0) is 15.0 Å². The van der Waals surface area contributed by atoms with Crippen LogP contribution < -0.4 is 0 Å². The lowest BCUT2D eigenvalue weighted by Gasteiger charge is -2.20. The molecule has 1 aromatic heterocycles. The topological polar surface area (TPSA) is 121 Å². The average molecular weight is 301 g/mol. The molecule has 1 rings (SSSR count). The second-order valence-electron chi connectivity index (χ2n) is 5.15. The minimum atomic E-state index is -1.28. The van der Waals surface area contributed by atoms with Crippen molar-refractivity contribution in [3.8, 4) is 0 Å². The summed E-state index contributed by atoms with van der Waals surface area (Å²) in [5.74, 6) is -3.25. The van der Waals surface area contributed by atoms with E-state index in [4.69, 9.17) is 10.2 Å². The number of hydrogen-bond donors (Lipinski definition) is 2. The van der Waals surface area contributed by atoms with Crippen molar-refractivity contribution < 1.29 is 24.6 Å². The molecule has 110 valence electrons. The van der Waals surface area contributed by atoms with Gasteiger partial charge in [-0.2, -0.15) is 0 Å². The molecule has 0 aromatic carbocycles. The van der Waals surface area contributed by atoms with E-state index in [0.717, 1.165) is 16.4 Å². The molecule has 0 spiro atoms. The van der Waals surface area contributed by atoms with Crippen LogP contribution in [0.4, 0.5) is 0 Å². The van der Waals surface area contributed by atoms with E-state index in [9.17, 15) is 14.4 Å². The highest BCUT2D eigenvalue weighted by molar-refractivity contribution is 7.08. The molecule has 0 aliphatic heterocycles. The van der Waals surface area contributed by atoms with Crippen LogP contribution in [0.3, 0.4) is 0 Å². The average Bonchev–Trinajstić information content (AvgIpc) is 2.74. The van der Waals surface area contributed by atoms with Crippen molar-refractivity contribution in [3.05, 3.63) is 10.6 Å². The summed E-state index contributed by atoms with van der Waals surface area (Å²) >= 11 is 0.829. The van der Waals surface area contributed by atoms with Gasteiger partial charge < -0.3 is 15.1 Å². The number of aromatic nitrogens is 2. The van der Waals surface area contributed by atoms with Gasteiger partial charge in [0.2, 0.25) is 0 Å². The number of carboxylic acid groups (broad SMARTS) is 2. The zero-order valence-electron chi connectivity index (χ0n) is 11.3. The molecule has 0 aliphatic carbocycles. The van der Waals surface area contributed by atoms with E-state index in [1.165, 1.54) is 0 Å². The Bertz CT molecular complexity index is 518. The number of nitrogens with zero attached hydrogens (tertiary/aromatic N) is 3. The van der Waals surface area contributed by atoms with Crippen LogP contribution in [0.15, 0.2) is 0 Å². The maximum absolute atomic E-state index is 12.3. The minimum absolute atomic E-state index is 0.167. The van der Waals surface area contributed by atoms with E-state index < -0.39 is 36.4 Å². The van der Waals surface area contributed by atoms with Gasteiger partial charge in [-0.15, -0.1) is 5.10 Å². The first-order valence-corrected chi connectivity index (χ1v) is 6.46. The highest BCUT2D eigenvalue weighted by Crippen LogP contribution is 2.26. The molecular weight excluding hydrogens is 286 g/mol. The van der Waals surface area contributed by atoms with E-state index in [2.05, 4.69) is 9.59 Å². The standard InChI is InChI=1S/C11H15N3O5S/c1-11(2,3)9-8(20-13-12-9)10(19)14(4-6(15)16)5-7(17)18/h4-5H2,1-3H3,(H,15,16)(H,17,18). The number of amides is 1. The van der Waals surface area contributed by atoms with Gasteiger partial charge in [-0.3, -0.25) is 14.4 Å². The summed E-state index contributed by atoms with van der Waals surface area (Å²) in [6.07, 6.45) is 0. The maximum atomic E-state index is 12.3. The third-order valence-corrected chi connectivity index (χ3v) is 3.05. The molecule has 0 aliphatic rings. The van der Waals surface area contributed by atoms with Gasteiger partial charge in [0.25, 0.3) is 5.91 Å². The lowest BCUT2D eigenvalue weighted by atomic mass is 9.91. The molecule has 1 aromatic rings. The molecule has 8 nitrogen and oxygen atoms in total. The van der Waals surface area contributed by atoms with Gasteiger partial charge >= 0.3 is 11.9 Å². The summed E-state index contributed by atoms with van der Waals surface area (Å²) in [6.45, 7) is 4.12. The molecule has 0 saturated carbocycles. The fourth-order valence-electron chi connectivity index (χ4n) is 1.49. The summed E-state index contributed by atoms with van der Waals surface area (Å²) in [6, 6.07) is 0. The van der Waals surface area contributed by atoms with Gasteiger partial charge in [-0.05, 0) is 11.5 Å². The van der Waals surface area contributed by atoms with Crippen LogP contribution in [0.5, 0.6) is 0 Å². The predicted octanol–water partition coefficient (Wildman–Crippen LogP) is 0.447. The van der Waals surface area contributed by atoms with E-state index in [-0.39, 0.29) is 4.88 Å². The zero-order chi connectivity index (χ0) is 15.5. The molecule has 1 heterocycles. The molecular formula is C11H15N3O5S. The Morgan fingerprint density at radius 2 is 1.65 bits per heavy atom. The Hall–Kier alpha value is -2.03. The van der Waals surface area contributed by atoms with Crippen LogP contribution in [0, 0.1) is 0 Å². The van der Waals surface area contributed by atoms with Gasteiger partial charge in [-0.25, -0.2) is 0 Å². The third-order valence-electron chi connectivity index (χ3n) is 2.33. The van der Waals surface area contributed by atoms with E-state index >= 15 is 0 Å². The number of carbonyl (C=O) groups excluding carboxylic acids is 1. The predicted molar refractivity (Wildman–Crippen MR) is 69.8 cm³/mol. The third kappa shape index (κ3) is 3.98. The van der Waals surface area contributed by atoms with Crippen LogP contribution in [-0.4, -0.2) is 55.6 Å². The van der Waals surface area contributed by atoms with Crippen LogP contribution in [0.25, 0.3) is 0 Å². The summed E-state index contributed by atoms with van der Waals surface area (Å²) in [7, 11) is 0. The van der Waals surface area contributed by atoms with E-state index in [0.29, 0.717) is 5.69 Å². The number of hydrogen-bond acceptors (Lipinski definition) is 6. The molecule has 9 heteroatoms. The van der Waals surface area contributed by atoms with Gasteiger partial charge in [0, 0.05) is 5.41 Å². The summed E-state index contributed by atoms with van der Waals surface area (Å²) in [5.41, 5.74) is -0.0240. The lowest BCUT2D eigenvalue weighted by Crippen LogP contribution is -2.39.